The second kappa shape index (κ2) is 3.46. The summed E-state index contributed by atoms with van der Waals surface area (Å²) in [6.45, 7) is 4.21. The average Bonchev–Trinajstić information content (AvgIpc) is 2.85. The Hall–Kier alpha value is -0.610. The molecule has 1 aliphatic rings. The zero-order chi connectivity index (χ0) is 11.2. The van der Waals surface area contributed by atoms with E-state index in [4.69, 9.17) is 5.73 Å². The molecule has 0 spiro atoms. The molecule has 0 aromatic carbocycles. The second-order valence-corrected chi connectivity index (χ2v) is 5.73. The summed E-state index contributed by atoms with van der Waals surface area (Å²) in [6.07, 6.45) is 2.45. The monoisotopic (exact) mass is 225 g/mol. The number of hydrogen-bond donors (Lipinski definition) is 1. The van der Waals surface area contributed by atoms with Crippen LogP contribution in [0.15, 0.2) is 0 Å². The van der Waals surface area contributed by atoms with Crippen molar-refractivity contribution < 1.29 is 0 Å². The van der Waals surface area contributed by atoms with Crippen LogP contribution in [0, 0.1) is 6.92 Å². The van der Waals surface area contributed by atoms with Gasteiger partial charge in [-0.15, -0.1) is 11.3 Å². The van der Waals surface area contributed by atoms with Gasteiger partial charge in [-0.2, -0.15) is 0 Å². The molecule has 0 saturated heterocycles. The van der Waals surface area contributed by atoms with Crippen molar-refractivity contribution >= 4 is 16.5 Å². The zero-order valence-corrected chi connectivity index (χ0v) is 10.7. The van der Waals surface area contributed by atoms with E-state index in [9.17, 15) is 0 Å². The fraction of sp³-hybridized carbons (Fsp3) is 0.727. The van der Waals surface area contributed by atoms with Gasteiger partial charge in [-0.05, 0) is 26.7 Å². The molecule has 0 bridgehead atoms. The van der Waals surface area contributed by atoms with Crippen LogP contribution in [-0.4, -0.2) is 25.1 Å². The van der Waals surface area contributed by atoms with E-state index >= 15 is 0 Å². The summed E-state index contributed by atoms with van der Waals surface area (Å²) < 4.78 is 0. The van der Waals surface area contributed by atoms with Gasteiger partial charge in [-0.3, -0.25) is 0 Å². The molecule has 0 radical (unpaired) electrons. The highest BCUT2D eigenvalue weighted by molar-refractivity contribution is 7.16. The Morgan fingerprint density at radius 2 is 2.07 bits per heavy atom. The number of aromatic nitrogens is 1. The lowest BCUT2D eigenvalue weighted by atomic mass is 9.96. The molecule has 1 aromatic rings. The van der Waals surface area contributed by atoms with Gasteiger partial charge in [0.1, 0.15) is 0 Å². The van der Waals surface area contributed by atoms with Crippen LogP contribution in [0.5, 0.6) is 0 Å². The summed E-state index contributed by atoms with van der Waals surface area (Å²) in [4.78, 5) is 8.06. The van der Waals surface area contributed by atoms with E-state index in [1.807, 2.05) is 14.1 Å². The SMILES string of the molecule is Cc1nc(N(C)C)sc1C1(C(C)N)CC1. The Morgan fingerprint density at radius 1 is 1.47 bits per heavy atom. The van der Waals surface area contributed by atoms with Gasteiger partial charge >= 0.3 is 0 Å². The third-order valence-electron chi connectivity index (χ3n) is 3.28. The quantitative estimate of drug-likeness (QED) is 0.854. The molecular weight excluding hydrogens is 206 g/mol. The minimum Gasteiger partial charge on any atom is -0.354 e. The highest BCUT2D eigenvalue weighted by Crippen LogP contribution is 2.53. The van der Waals surface area contributed by atoms with Crippen LogP contribution in [-0.2, 0) is 5.41 Å². The fourth-order valence-electron chi connectivity index (χ4n) is 2.06. The van der Waals surface area contributed by atoms with Crippen LogP contribution in [0.4, 0.5) is 5.13 Å². The predicted octanol–water partition coefficient (Wildman–Crippen LogP) is 1.90. The van der Waals surface area contributed by atoms with Gasteiger partial charge in [0.2, 0.25) is 0 Å². The van der Waals surface area contributed by atoms with Gasteiger partial charge in [0.05, 0.1) is 5.69 Å². The summed E-state index contributed by atoms with van der Waals surface area (Å²) >= 11 is 1.80. The molecule has 4 heteroatoms. The average molecular weight is 225 g/mol. The second-order valence-electron chi connectivity index (χ2n) is 4.75. The minimum absolute atomic E-state index is 0.242. The molecule has 0 amide bonds. The number of nitrogens with two attached hydrogens (primary N) is 1. The maximum atomic E-state index is 6.08. The van der Waals surface area contributed by atoms with Crippen molar-refractivity contribution in [2.75, 3.05) is 19.0 Å². The molecule has 2 rings (SSSR count). The summed E-state index contributed by atoms with van der Waals surface area (Å²) in [7, 11) is 4.07. The Labute approximate surface area is 95.3 Å². The maximum Gasteiger partial charge on any atom is 0.185 e. The molecule has 84 valence electrons. The van der Waals surface area contributed by atoms with E-state index in [1.165, 1.54) is 23.4 Å². The van der Waals surface area contributed by atoms with Crippen LogP contribution < -0.4 is 10.6 Å². The van der Waals surface area contributed by atoms with Crippen LogP contribution >= 0.6 is 11.3 Å². The van der Waals surface area contributed by atoms with E-state index in [1.54, 1.807) is 11.3 Å². The molecule has 1 unspecified atom stereocenters. The van der Waals surface area contributed by atoms with Crippen LogP contribution in [0.3, 0.4) is 0 Å². The topological polar surface area (TPSA) is 42.2 Å². The minimum atomic E-state index is 0.242. The number of aryl methyl sites for hydroxylation is 1. The molecule has 3 nitrogen and oxygen atoms in total. The highest BCUT2D eigenvalue weighted by atomic mass is 32.1. The van der Waals surface area contributed by atoms with Crippen molar-refractivity contribution in [3.8, 4) is 0 Å². The number of hydrogen-bond acceptors (Lipinski definition) is 4. The van der Waals surface area contributed by atoms with E-state index < -0.39 is 0 Å². The van der Waals surface area contributed by atoms with Crippen LogP contribution in [0.2, 0.25) is 0 Å². The van der Waals surface area contributed by atoms with E-state index in [0.717, 1.165) is 5.13 Å². The molecule has 1 aliphatic carbocycles. The lowest BCUT2D eigenvalue weighted by Crippen LogP contribution is -2.31. The third kappa shape index (κ3) is 1.66. The first-order valence-electron chi connectivity index (χ1n) is 5.38. The number of nitrogens with zero attached hydrogens (tertiary/aromatic N) is 2. The lowest BCUT2D eigenvalue weighted by molar-refractivity contribution is 0.562. The highest BCUT2D eigenvalue weighted by Gasteiger charge is 2.50. The molecule has 2 N–H and O–H groups in total. The largest absolute Gasteiger partial charge is 0.354 e. The summed E-state index contributed by atoms with van der Waals surface area (Å²) in [6, 6.07) is 0.242. The molecule has 1 heterocycles. The fourth-order valence-corrected chi connectivity index (χ4v) is 3.39. The Morgan fingerprint density at radius 3 is 2.40 bits per heavy atom. The first kappa shape index (κ1) is 10.9. The van der Waals surface area contributed by atoms with E-state index in [0.29, 0.717) is 0 Å². The summed E-state index contributed by atoms with van der Waals surface area (Å²) in [5.74, 6) is 0. The predicted molar refractivity (Wildman–Crippen MR) is 65.7 cm³/mol. The van der Waals surface area contributed by atoms with Crippen molar-refractivity contribution in [2.24, 2.45) is 5.73 Å². The standard InChI is InChI=1S/C11H19N3S/c1-7-9(11(5-6-11)8(2)12)15-10(13-7)14(3)4/h8H,5-6,12H2,1-4H3. The molecule has 15 heavy (non-hydrogen) atoms. The third-order valence-corrected chi connectivity index (χ3v) is 4.83. The van der Waals surface area contributed by atoms with Gasteiger partial charge in [-0.25, -0.2) is 4.98 Å². The molecule has 0 aliphatic heterocycles. The normalized spacial score (nSPS) is 20.1. The van der Waals surface area contributed by atoms with Gasteiger partial charge in [0, 0.05) is 30.4 Å². The van der Waals surface area contributed by atoms with Crippen molar-refractivity contribution in [1.82, 2.24) is 4.98 Å². The van der Waals surface area contributed by atoms with E-state index in [2.05, 4.69) is 23.7 Å². The van der Waals surface area contributed by atoms with E-state index in [-0.39, 0.29) is 11.5 Å². The smallest absolute Gasteiger partial charge is 0.185 e. The van der Waals surface area contributed by atoms with Crippen molar-refractivity contribution in [2.45, 2.75) is 38.1 Å². The summed E-state index contributed by atoms with van der Waals surface area (Å²) in [5.41, 5.74) is 7.50. The Kier molecular flexibility index (Phi) is 2.51. The van der Waals surface area contributed by atoms with Crippen LogP contribution in [0.1, 0.15) is 30.3 Å². The van der Waals surface area contributed by atoms with Gasteiger partial charge < -0.3 is 10.6 Å². The Bertz CT molecular complexity index is 364. The van der Waals surface area contributed by atoms with Gasteiger partial charge in [0.25, 0.3) is 0 Å². The number of thiazole rings is 1. The van der Waals surface area contributed by atoms with Gasteiger partial charge in [-0.1, -0.05) is 0 Å². The van der Waals surface area contributed by atoms with Crippen molar-refractivity contribution in [3.63, 3.8) is 0 Å². The molecule has 1 fully saturated rings. The molecule has 1 atom stereocenters. The molecule has 1 saturated carbocycles. The van der Waals surface area contributed by atoms with Crippen LogP contribution in [0.25, 0.3) is 0 Å². The maximum absolute atomic E-state index is 6.08. The first-order valence-corrected chi connectivity index (χ1v) is 6.20. The van der Waals surface area contributed by atoms with Gasteiger partial charge in [0.15, 0.2) is 5.13 Å². The van der Waals surface area contributed by atoms with Crippen molar-refractivity contribution in [3.05, 3.63) is 10.6 Å². The zero-order valence-electron chi connectivity index (χ0n) is 9.87. The first-order chi connectivity index (χ1) is 6.97. The van der Waals surface area contributed by atoms with Crippen molar-refractivity contribution in [1.29, 1.82) is 0 Å². The molecule has 1 aromatic heterocycles. The summed E-state index contributed by atoms with van der Waals surface area (Å²) in [5, 5.41) is 1.09. The number of anilines is 1. The Balaban J connectivity index is 2.37. The lowest BCUT2D eigenvalue weighted by Gasteiger charge is -2.18. The number of rotatable bonds is 3. The molecular formula is C11H19N3S.